The number of benzene rings is 3. The lowest BCUT2D eigenvalue weighted by atomic mass is 9.98. The van der Waals surface area contributed by atoms with Gasteiger partial charge in [-0.3, -0.25) is 9.59 Å². The monoisotopic (exact) mass is 445 g/mol. The van der Waals surface area contributed by atoms with Gasteiger partial charge in [-0.2, -0.15) is 0 Å². The van der Waals surface area contributed by atoms with Crippen LogP contribution in [0.4, 0.5) is 15.8 Å². The van der Waals surface area contributed by atoms with Crippen molar-refractivity contribution in [1.82, 2.24) is 4.90 Å². The van der Waals surface area contributed by atoms with Crippen LogP contribution >= 0.6 is 0 Å². The van der Waals surface area contributed by atoms with Gasteiger partial charge in [0, 0.05) is 17.8 Å². The maximum atomic E-state index is 13.8. The third-order valence-corrected chi connectivity index (χ3v) is 5.24. The van der Waals surface area contributed by atoms with Crippen LogP contribution in [-0.4, -0.2) is 36.0 Å². The quantitative estimate of drug-likeness (QED) is 0.468. The molecule has 0 aromatic heterocycles. The van der Waals surface area contributed by atoms with Crippen LogP contribution < -0.4 is 10.6 Å². The highest BCUT2D eigenvalue weighted by molar-refractivity contribution is 6.37. The summed E-state index contributed by atoms with van der Waals surface area (Å²) in [5.41, 5.74) is 5.01. The van der Waals surface area contributed by atoms with Gasteiger partial charge < -0.3 is 20.6 Å². The molecule has 0 aliphatic carbocycles. The maximum absolute atomic E-state index is 13.8. The van der Waals surface area contributed by atoms with Crippen LogP contribution in [0.2, 0.25) is 0 Å². The zero-order valence-electron chi connectivity index (χ0n) is 18.4. The number of amides is 1. The minimum atomic E-state index is -0.940. The van der Waals surface area contributed by atoms with E-state index in [1.165, 1.54) is 12.1 Å². The highest BCUT2D eigenvalue weighted by atomic mass is 19.1. The third kappa shape index (κ3) is 5.10. The summed E-state index contributed by atoms with van der Waals surface area (Å²) in [5, 5.41) is 15.3. The van der Waals surface area contributed by atoms with Crippen molar-refractivity contribution in [1.29, 1.82) is 0 Å². The van der Waals surface area contributed by atoms with E-state index in [9.17, 15) is 19.1 Å². The van der Waals surface area contributed by atoms with Crippen molar-refractivity contribution in [2.24, 2.45) is 0 Å². The van der Waals surface area contributed by atoms with Crippen LogP contribution in [0.5, 0.6) is 0 Å². The first kappa shape index (κ1) is 22.2. The molecule has 1 heterocycles. The molecule has 1 aliphatic rings. The number of hydrogen-bond acceptors (Lipinski definition) is 4. The molecule has 0 atom stereocenters. The van der Waals surface area contributed by atoms with Crippen LogP contribution in [0.15, 0.2) is 66.7 Å². The molecular weight excluding hydrogens is 421 g/mol. The summed E-state index contributed by atoms with van der Waals surface area (Å²) in [6, 6.07) is 19.1. The van der Waals surface area contributed by atoms with Gasteiger partial charge in [-0.05, 0) is 67.2 Å². The van der Waals surface area contributed by atoms with E-state index in [2.05, 4.69) is 15.5 Å². The van der Waals surface area contributed by atoms with Gasteiger partial charge in [0.05, 0.1) is 23.4 Å². The summed E-state index contributed by atoms with van der Waals surface area (Å²) in [7, 11) is 3.97. The van der Waals surface area contributed by atoms with Crippen molar-refractivity contribution >= 4 is 34.5 Å². The van der Waals surface area contributed by atoms with E-state index >= 15 is 0 Å². The van der Waals surface area contributed by atoms with Gasteiger partial charge in [0.25, 0.3) is 5.91 Å². The van der Waals surface area contributed by atoms with E-state index in [1.54, 1.807) is 24.3 Å². The molecule has 1 amide bonds. The number of halogens is 1. The van der Waals surface area contributed by atoms with E-state index in [0.717, 1.165) is 17.8 Å². The lowest BCUT2D eigenvalue weighted by Crippen LogP contribution is -2.12. The molecule has 3 aromatic carbocycles. The van der Waals surface area contributed by atoms with Gasteiger partial charge >= 0.3 is 5.97 Å². The molecule has 7 heteroatoms. The summed E-state index contributed by atoms with van der Waals surface area (Å²) < 4.78 is 13.8. The van der Waals surface area contributed by atoms with Gasteiger partial charge in [-0.25, -0.2) is 4.39 Å². The second-order valence-corrected chi connectivity index (χ2v) is 8.23. The first-order valence-electron chi connectivity index (χ1n) is 10.5. The number of aliphatic carboxylic acids is 1. The molecule has 0 saturated heterocycles. The van der Waals surface area contributed by atoms with Gasteiger partial charge in [0.1, 0.15) is 5.82 Å². The second kappa shape index (κ2) is 9.26. The summed E-state index contributed by atoms with van der Waals surface area (Å²) in [6.07, 6.45) is -0.136. The molecule has 1 aliphatic heterocycles. The lowest BCUT2D eigenvalue weighted by molar-refractivity contribution is -0.136. The number of carbonyl (C=O) groups is 2. The largest absolute Gasteiger partial charge is 0.481 e. The van der Waals surface area contributed by atoms with Crippen LogP contribution in [0, 0.1) is 5.82 Å². The number of rotatable bonds is 7. The van der Waals surface area contributed by atoms with Crippen molar-refractivity contribution in [3.8, 4) is 0 Å². The Kier molecular flexibility index (Phi) is 6.24. The normalized spacial score (nSPS) is 14.1. The molecular formula is C26H24FN3O3. The van der Waals surface area contributed by atoms with Gasteiger partial charge in [-0.1, -0.05) is 30.3 Å². The van der Waals surface area contributed by atoms with Crippen LogP contribution in [0.25, 0.3) is 11.3 Å². The number of carbonyl (C=O) groups excluding carboxylic acids is 1. The molecule has 0 radical (unpaired) electrons. The third-order valence-electron chi connectivity index (χ3n) is 5.24. The number of nitrogens with zero attached hydrogens (tertiary/aromatic N) is 1. The summed E-state index contributed by atoms with van der Waals surface area (Å²) in [5.74, 6) is -1.74. The number of nitrogens with one attached hydrogen (secondary N) is 2. The lowest BCUT2D eigenvalue weighted by Gasteiger charge is -2.17. The minimum Gasteiger partial charge on any atom is -0.481 e. The Morgan fingerprint density at radius 2 is 1.79 bits per heavy atom. The van der Waals surface area contributed by atoms with Crippen LogP contribution in [0.1, 0.15) is 22.3 Å². The summed E-state index contributed by atoms with van der Waals surface area (Å²) in [6.45, 7) is 0.748. The summed E-state index contributed by atoms with van der Waals surface area (Å²) in [4.78, 5) is 26.3. The molecule has 4 rings (SSSR count). The molecule has 3 aromatic rings. The van der Waals surface area contributed by atoms with Gasteiger partial charge in [0.15, 0.2) is 0 Å². The SMILES string of the molecule is CN(C)Cc1cccc(NC(=C2C(=O)Nc3cc(F)ccc32)c2cccc(CC(=O)O)c2)c1. The Morgan fingerprint density at radius 3 is 2.55 bits per heavy atom. The van der Waals surface area contributed by atoms with Crippen molar-refractivity contribution in [3.63, 3.8) is 0 Å². The number of carboxylic acids is 1. The van der Waals surface area contributed by atoms with E-state index in [1.807, 2.05) is 44.4 Å². The molecule has 0 fully saturated rings. The zero-order chi connectivity index (χ0) is 23.5. The van der Waals surface area contributed by atoms with E-state index < -0.39 is 11.8 Å². The fraction of sp³-hybridized carbons (Fsp3) is 0.154. The van der Waals surface area contributed by atoms with E-state index in [4.69, 9.17) is 0 Å². The molecule has 168 valence electrons. The van der Waals surface area contributed by atoms with Crippen molar-refractivity contribution in [2.75, 3.05) is 24.7 Å². The Bertz CT molecular complexity index is 1270. The standard InChI is InChI=1S/C26H24FN3O3/c1-30(2)15-17-6-4-8-20(12-17)28-25(18-7-3-5-16(11-18)13-23(31)32)24-21-10-9-19(27)14-22(21)29-26(24)33/h3-12,14,28H,13,15H2,1-2H3,(H,29,33)(H,31,32). The minimum absolute atomic E-state index is 0.136. The smallest absolute Gasteiger partial charge is 0.307 e. The van der Waals surface area contributed by atoms with E-state index in [0.29, 0.717) is 33.6 Å². The topological polar surface area (TPSA) is 81.7 Å². The molecule has 6 nitrogen and oxygen atoms in total. The van der Waals surface area contributed by atoms with Crippen molar-refractivity contribution < 1.29 is 19.1 Å². The second-order valence-electron chi connectivity index (χ2n) is 8.23. The predicted molar refractivity (Wildman–Crippen MR) is 127 cm³/mol. The zero-order valence-corrected chi connectivity index (χ0v) is 18.4. The molecule has 33 heavy (non-hydrogen) atoms. The Morgan fingerprint density at radius 1 is 1.03 bits per heavy atom. The maximum Gasteiger partial charge on any atom is 0.307 e. The molecule has 0 spiro atoms. The molecule has 0 unspecified atom stereocenters. The van der Waals surface area contributed by atoms with Crippen molar-refractivity contribution in [2.45, 2.75) is 13.0 Å². The Hall–Kier alpha value is -3.97. The average Bonchev–Trinajstić information content (AvgIpc) is 3.06. The van der Waals surface area contributed by atoms with Crippen LogP contribution in [-0.2, 0) is 22.6 Å². The molecule has 0 bridgehead atoms. The first-order chi connectivity index (χ1) is 15.8. The first-order valence-corrected chi connectivity index (χ1v) is 10.5. The Labute approximate surface area is 191 Å². The predicted octanol–water partition coefficient (Wildman–Crippen LogP) is 4.45. The number of fused-ring (bicyclic) bond motifs is 1. The van der Waals surface area contributed by atoms with E-state index in [-0.39, 0.29) is 12.3 Å². The van der Waals surface area contributed by atoms with Crippen LogP contribution in [0.3, 0.4) is 0 Å². The van der Waals surface area contributed by atoms with Gasteiger partial charge in [0.2, 0.25) is 0 Å². The Balaban J connectivity index is 1.85. The highest BCUT2D eigenvalue weighted by Gasteiger charge is 2.29. The highest BCUT2D eigenvalue weighted by Crippen LogP contribution is 2.38. The summed E-state index contributed by atoms with van der Waals surface area (Å²) >= 11 is 0. The number of hydrogen-bond donors (Lipinski definition) is 3. The number of anilines is 2. The average molecular weight is 445 g/mol. The van der Waals surface area contributed by atoms with Gasteiger partial charge in [-0.15, -0.1) is 0 Å². The van der Waals surface area contributed by atoms with Crippen molar-refractivity contribution in [3.05, 3.63) is 94.8 Å². The molecule has 0 saturated carbocycles. The fourth-order valence-corrected chi connectivity index (χ4v) is 3.94. The number of carboxylic acid groups (broad SMARTS) is 1. The fourth-order valence-electron chi connectivity index (χ4n) is 3.94. The molecule has 3 N–H and O–H groups in total.